The van der Waals surface area contributed by atoms with Crippen LogP contribution in [-0.2, 0) is 4.74 Å². The highest BCUT2D eigenvalue weighted by atomic mass is 79.9. The van der Waals surface area contributed by atoms with Gasteiger partial charge in [0.05, 0.1) is 4.88 Å². The Morgan fingerprint density at radius 3 is 3.00 bits per heavy atom. The molecule has 0 aromatic carbocycles. The summed E-state index contributed by atoms with van der Waals surface area (Å²) >= 11 is 4.72. The normalized spacial score (nSPS) is 10.2. The van der Waals surface area contributed by atoms with E-state index in [1.807, 2.05) is 18.4 Å². The minimum atomic E-state index is 0.0487. The number of hydrogen-bond donors (Lipinski definition) is 0. The standard InChI is InChI=1S/C8H9BrO2S/c1-2-11-4-7(10)8-3-6(9)5-12-8/h3,5H,2,4H2,1H3. The van der Waals surface area contributed by atoms with Crippen LogP contribution in [0.4, 0.5) is 0 Å². The SMILES string of the molecule is CCOCC(=O)c1cc(Br)cs1. The Morgan fingerprint density at radius 1 is 1.75 bits per heavy atom. The topological polar surface area (TPSA) is 26.3 Å². The van der Waals surface area contributed by atoms with Gasteiger partial charge in [-0.3, -0.25) is 4.79 Å². The van der Waals surface area contributed by atoms with E-state index in [4.69, 9.17) is 4.74 Å². The summed E-state index contributed by atoms with van der Waals surface area (Å²) in [4.78, 5) is 12.0. The second-order valence-electron chi connectivity index (χ2n) is 2.19. The van der Waals surface area contributed by atoms with Gasteiger partial charge in [0.1, 0.15) is 6.61 Å². The zero-order chi connectivity index (χ0) is 8.97. The van der Waals surface area contributed by atoms with Gasteiger partial charge in [0.15, 0.2) is 5.78 Å². The van der Waals surface area contributed by atoms with Crippen LogP contribution in [-0.4, -0.2) is 19.0 Å². The van der Waals surface area contributed by atoms with Gasteiger partial charge in [0.2, 0.25) is 0 Å². The first-order valence-electron chi connectivity index (χ1n) is 3.59. The van der Waals surface area contributed by atoms with E-state index in [2.05, 4.69) is 15.9 Å². The molecule has 66 valence electrons. The maximum Gasteiger partial charge on any atom is 0.198 e. The highest BCUT2D eigenvalue weighted by Crippen LogP contribution is 2.19. The van der Waals surface area contributed by atoms with Crippen LogP contribution >= 0.6 is 27.3 Å². The number of Topliss-reactive ketones (excluding diaryl/α,β-unsaturated/α-hetero) is 1. The maximum atomic E-state index is 11.3. The molecule has 0 atom stereocenters. The number of carbonyl (C=O) groups excluding carboxylic acids is 1. The Hall–Kier alpha value is -0.190. The van der Waals surface area contributed by atoms with E-state index in [-0.39, 0.29) is 12.4 Å². The Labute approximate surface area is 83.7 Å². The van der Waals surface area contributed by atoms with Crippen molar-refractivity contribution in [2.75, 3.05) is 13.2 Å². The van der Waals surface area contributed by atoms with Crippen LogP contribution in [0.2, 0.25) is 0 Å². The van der Waals surface area contributed by atoms with Crippen LogP contribution < -0.4 is 0 Å². The van der Waals surface area contributed by atoms with Gasteiger partial charge in [0.25, 0.3) is 0 Å². The molecule has 0 saturated heterocycles. The van der Waals surface area contributed by atoms with E-state index in [0.29, 0.717) is 6.61 Å². The second kappa shape index (κ2) is 4.74. The summed E-state index contributed by atoms with van der Waals surface area (Å²) in [6.45, 7) is 2.64. The van der Waals surface area contributed by atoms with Crippen molar-refractivity contribution in [2.45, 2.75) is 6.92 Å². The highest BCUT2D eigenvalue weighted by Gasteiger charge is 2.07. The van der Waals surface area contributed by atoms with E-state index in [1.54, 1.807) is 0 Å². The number of halogens is 1. The molecule has 0 radical (unpaired) electrons. The van der Waals surface area contributed by atoms with Crippen molar-refractivity contribution in [1.29, 1.82) is 0 Å². The first kappa shape index (κ1) is 9.89. The zero-order valence-electron chi connectivity index (χ0n) is 6.67. The van der Waals surface area contributed by atoms with Gasteiger partial charge in [0, 0.05) is 16.5 Å². The maximum absolute atomic E-state index is 11.3. The van der Waals surface area contributed by atoms with Crippen LogP contribution in [0.25, 0.3) is 0 Å². The van der Waals surface area contributed by atoms with Gasteiger partial charge in [-0.15, -0.1) is 11.3 Å². The fourth-order valence-electron chi connectivity index (χ4n) is 0.725. The van der Waals surface area contributed by atoms with E-state index in [9.17, 15) is 4.79 Å². The molecule has 0 unspecified atom stereocenters. The third-order valence-corrected chi connectivity index (χ3v) is 3.01. The van der Waals surface area contributed by atoms with Crippen LogP contribution in [0.1, 0.15) is 16.6 Å². The average molecular weight is 249 g/mol. The van der Waals surface area contributed by atoms with Crippen LogP contribution in [0.5, 0.6) is 0 Å². The van der Waals surface area contributed by atoms with Crippen molar-refractivity contribution >= 4 is 33.0 Å². The lowest BCUT2D eigenvalue weighted by molar-refractivity contribution is 0.0787. The molecule has 1 rings (SSSR count). The molecule has 0 aliphatic carbocycles. The number of thiophene rings is 1. The van der Waals surface area contributed by atoms with Gasteiger partial charge >= 0.3 is 0 Å². The quantitative estimate of drug-likeness (QED) is 0.767. The first-order valence-corrected chi connectivity index (χ1v) is 5.26. The fourth-order valence-corrected chi connectivity index (χ4v) is 2.08. The van der Waals surface area contributed by atoms with Crippen molar-refractivity contribution in [3.63, 3.8) is 0 Å². The third kappa shape index (κ3) is 2.69. The molecule has 0 spiro atoms. The van der Waals surface area contributed by atoms with E-state index < -0.39 is 0 Å². The van der Waals surface area contributed by atoms with Crippen LogP contribution in [0.15, 0.2) is 15.9 Å². The predicted octanol–water partition coefficient (Wildman–Crippen LogP) is 2.73. The van der Waals surface area contributed by atoms with Gasteiger partial charge in [-0.05, 0) is 28.9 Å². The van der Waals surface area contributed by atoms with E-state index in [1.165, 1.54) is 11.3 Å². The molecule has 2 nitrogen and oxygen atoms in total. The Morgan fingerprint density at radius 2 is 2.50 bits per heavy atom. The molecule has 12 heavy (non-hydrogen) atoms. The molecule has 0 aliphatic rings. The molecule has 0 amide bonds. The van der Waals surface area contributed by atoms with Gasteiger partial charge < -0.3 is 4.74 Å². The molecule has 0 fully saturated rings. The molecule has 4 heteroatoms. The summed E-state index contributed by atoms with van der Waals surface area (Å²) in [5.41, 5.74) is 0. The van der Waals surface area contributed by atoms with Crippen molar-refractivity contribution in [3.05, 3.63) is 20.8 Å². The van der Waals surface area contributed by atoms with Crippen molar-refractivity contribution in [2.24, 2.45) is 0 Å². The lowest BCUT2D eigenvalue weighted by atomic mass is 10.3. The lowest BCUT2D eigenvalue weighted by Gasteiger charge is -1.96. The summed E-state index contributed by atoms with van der Waals surface area (Å²) in [6, 6.07) is 1.81. The molecule has 0 saturated carbocycles. The predicted molar refractivity (Wildman–Crippen MR) is 52.8 cm³/mol. The van der Waals surface area contributed by atoms with E-state index in [0.717, 1.165) is 9.35 Å². The minimum absolute atomic E-state index is 0.0487. The molecule has 0 bridgehead atoms. The number of ether oxygens (including phenoxy) is 1. The molecule has 1 aromatic heterocycles. The van der Waals surface area contributed by atoms with Gasteiger partial charge in [-0.1, -0.05) is 0 Å². The van der Waals surface area contributed by atoms with Gasteiger partial charge in [-0.2, -0.15) is 0 Å². The van der Waals surface area contributed by atoms with E-state index >= 15 is 0 Å². The van der Waals surface area contributed by atoms with Gasteiger partial charge in [-0.25, -0.2) is 0 Å². The highest BCUT2D eigenvalue weighted by molar-refractivity contribution is 9.10. The summed E-state index contributed by atoms with van der Waals surface area (Å²) in [5.74, 6) is 0.0487. The Bertz CT molecular complexity index is 270. The monoisotopic (exact) mass is 248 g/mol. The molecular weight excluding hydrogens is 240 g/mol. The second-order valence-corrected chi connectivity index (χ2v) is 4.02. The molecule has 0 N–H and O–H groups in total. The minimum Gasteiger partial charge on any atom is -0.374 e. The summed E-state index contributed by atoms with van der Waals surface area (Å²) in [6.07, 6.45) is 0. The number of rotatable bonds is 4. The zero-order valence-corrected chi connectivity index (χ0v) is 9.07. The van der Waals surface area contributed by atoms with Crippen molar-refractivity contribution in [1.82, 2.24) is 0 Å². The van der Waals surface area contributed by atoms with Crippen molar-refractivity contribution in [3.8, 4) is 0 Å². The third-order valence-electron chi connectivity index (χ3n) is 1.28. The summed E-state index contributed by atoms with van der Waals surface area (Å²) in [5, 5.41) is 1.89. The Kier molecular flexibility index (Phi) is 3.91. The largest absolute Gasteiger partial charge is 0.374 e. The average Bonchev–Trinajstić information content (AvgIpc) is 2.47. The molecule has 1 heterocycles. The van der Waals surface area contributed by atoms with Crippen molar-refractivity contribution < 1.29 is 9.53 Å². The lowest BCUT2D eigenvalue weighted by Crippen LogP contribution is -2.06. The molecular formula is C8H9BrO2S. The van der Waals surface area contributed by atoms with Crippen LogP contribution in [0.3, 0.4) is 0 Å². The van der Waals surface area contributed by atoms with Crippen LogP contribution in [0, 0.1) is 0 Å². The first-order chi connectivity index (χ1) is 5.74. The molecule has 1 aromatic rings. The smallest absolute Gasteiger partial charge is 0.198 e. The number of hydrogen-bond acceptors (Lipinski definition) is 3. The molecule has 0 aliphatic heterocycles. The number of ketones is 1. The fraction of sp³-hybridized carbons (Fsp3) is 0.375. The Balaban J connectivity index is 2.53. The summed E-state index contributed by atoms with van der Waals surface area (Å²) in [7, 11) is 0. The summed E-state index contributed by atoms with van der Waals surface area (Å²) < 4.78 is 5.95. The number of carbonyl (C=O) groups is 1.